The number of rotatable bonds is 5. The quantitative estimate of drug-likeness (QED) is 0.127. The summed E-state index contributed by atoms with van der Waals surface area (Å²) in [7, 11) is 0. The van der Waals surface area contributed by atoms with Crippen molar-refractivity contribution in [2.75, 3.05) is 9.80 Å². The summed E-state index contributed by atoms with van der Waals surface area (Å²) in [5.41, 5.74) is 22.6. The Morgan fingerprint density at radius 3 is 0.967 bits per heavy atom. The van der Waals surface area contributed by atoms with Crippen molar-refractivity contribution in [3.8, 4) is 33.9 Å². The van der Waals surface area contributed by atoms with Crippen molar-refractivity contribution in [3.05, 3.63) is 234 Å². The van der Waals surface area contributed by atoms with Gasteiger partial charge in [0.1, 0.15) is 0 Å². The molecule has 11 aromatic carbocycles. The fourth-order valence-electron chi connectivity index (χ4n) is 14.1. The van der Waals surface area contributed by atoms with Crippen molar-refractivity contribution in [3.63, 3.8) is 0 Å². The Labute approximate surface area is 541 Å². The maximum absolute atomic E-state index is 5.91. The summed E-state index contributed by atoms with van der Waals surface area (Å²) in [5, 5.41) is 9.85. The number of benzene rings is 11. The maximum Gasteiger partial charge on any atom is 0.252 e. The molecule has 1 aromatic heterocycles. The summed E-state index contributed by atoms with van der Waals surface area (Å²) in [4.78, 5) is 17.0. The molecule has 454 valence electrons. The minimum absolute atomic E-state index is 0.0430. The highest BCUT2D eigenvalue weighted by atomic mass is 15.2. The molecule has 0 fully saturated rings. The van der Waals surface area contributed by atoms with Gasteiger partial charge in [0, 0.05) is 50.8 Å². The summed E-state index contributed by atoms with van der Waals surface area (Å²) in [6, 6.07) is 77.4. The zero-order chi connectivity index (χ0) is 64.2. The molecule has 0 amide bonds. The summed E-state index contributed by atoms with van der Waals surface area (Å²) < 4.78 is 0. The second-order valence-electron chi connectivity index (χ2n) is 32.5. The topological polar surface area (TPSA) is 32.3 Å². The highest BCUT2D eigenvalue weighted by molar-refractivity contribution is 7.00. The minimum atomic E-state index is -0.152. The van der Waals surface area contributed by atoms with Crippen LogP contribution in [0, 0.1) is 0 Å². The Hall–Kier alpha value is -8.80. The van der Waals surface area contributed by atoms with E-state index in [1.54, 1.807) is 0 Å². The van der Waals surface area contributed by atoms with Gasteiger partial charge in [0.2, 0.25) is 0 Å². The molecule has 0 aliphatic carbocycles. The molecule has 0 saturated carbocycles. The Morgan fingerprint density at radius 1 is 0.275 bits per heavy atom. The zero-order valence-electron chi connectivity index (χ0n) is 56.9. The van der Waals surface area contributed by atoms with Crippen LogP contribution in [0.5, 0.6) is 0 Å². The van der Waals surface area contributed by atoms with Gasteiger partial charge in [0.05, 0.1) is 11.4 Å². The highest BCUT2D eigenvalue weighted by Crippen LogP contribution is 2.49. The second-order valence-corrected chi connectivity index (χ2v) is 32.5. The van der Waals surface area contributed by atoms with Gasteiger partial charge in [-0.2, -0.15) is 0 Å². The first-order chi connectivity index (χ1) is 42.8. The second kappa shape index (κ2) is 20.9. The number of aromatic nitrogens is 2. The average molecular weight is 1190 g/mol. The van der Waals surface area contributed by atoms with Gasteiger partial charge in [-0.05, 0) is 204 Å². The van der Waals surface area contributed by atoms with Crippen LogP contribution < -0.4 is 26.2 Å². The van der Waals surface area contributed by atoms with Crippen molar-refractivity contribution < 1.29 is 0 Å². The number of anilines is 6. The van der Waals surface area contributed by atoms with Crippen LogP contribution in [0.2, 0.25) is 0 Å². The molecule has 0 N–H and O–H groups in total. The molecule has 0 atom stereocenters. The molecule has 14 rings (SSSR count). The van der Waals surface area contributed by atoms with E-state index in [4.69, 9.17) is 9.97 Å². The molecule has 0 bridgehead atoms. The molecule has 0 saturated heterocycles. The van der Waals surface area contributed by atoms with Gasteiger partial charge >= 0.3 is 0 Å². The minimum Gasteiger partial charge on any atom is -0.311 e. The van der Waals surface area contributed by atoms with Crippen LogP contribution in [-0.2, 0) is 32.5 Å². The molecule has 0 unspecified atom stereocenters. The molecule has 0 radical (unpaired) electrons. The third-order valence-electron chi connectivity index (χ3n) is 19.7. The first-order valence-corrected chi connectivity index (χ1v) is 33.0. The van der Waals surface area contributed by atoms with E-state index in [9.17, 15) is 0 Å². The summed E-state index contributed by atoms with van der Waals surface area (Å²) >= 11 is 0. The predicted molar refractivity (Wildman–Crippen MR) is 395 cm³/mol. The Morgan fingerprint density at radius 2 is 0.615 bits per heavy atom. The Kier molecular flexibility index (Phi) is 13.7. The van der Waals surface area contributed by atoms with Crippen LogP contribution in [0.4, 0.5) is 34.1 Å². The van der Waals surface area contributed by atoms with Crippen LogP contribution in [0.25, 0.3) is 77.0 Å². The normalized spacial score (nSPS) is 13.8. The van der Waals surface area contributed by atoms with Crippen LogP contribution in [0.1, 0.15) is 158 Å². The van der Waals surface area contributed by atoms with E-state index >= 15 is 0 Å². The standard InChI is InChI=1S/C86H87BN4/c1-81(2,3)59-31-35-65(36-32-59)90-75-49-69-54(29-27-52-23-19-21-25-67(52)69)43-71(75)87-72-44-55-30-28-53-24-20-22-26-68(53)70(55)50-76(72)91(66-37-33-60(34-38-66)82(4,5)6)78-46-58(45-77(90)79(78)87)80-88-73(56-39-61(83(7,8)9)47-62(40-56)84(10,11)12)51-74(89-80)57-41-63(85(13,14)15)48-64(42-57)86(16,17)18/h19-51H,1-18H3. The van der Waals surface area contributed by atoms with Gasteiger partial charge in [-0.15, -0.1) is 0 Å². The molecular weight excluding hydrogens is 1100 g/mol. The predicted octanol–water partition coefficient (Wildman–Crippen LogP) is 22.0. The first kappa shape index (κ1) is 59.8. The molecule has 0 spiro atoms. The van der Waals surface area contributed by atoms with E-state index in [1.165, 1.54) is 104 Å². The monoisotopic (exact) mass is 1190 g/mol. The summed E-state index contributed by atoms with van der Waals surface area (Å²) in [5.74, 6) is 0.678. The van der Waals surface area contributed by atoms with Crippen LogP contribution in [0.3, 0.4) is 0 Å². The molecule has 2 aliphatic rings. The van der Waals surface area contributed by atoms with Crippen molar-refractivity contribution in [2.45, 2.75) is 157 Å². The summed E-state index contributed by atoms with van der Waals surface area (Å²) in [6.45, 7) is 41.6. The SMILES string of the molecule is CC(C)(C)c1ccc(N2c3cc4c(ccc5ccccc54)cc3B3c4cc5ccc6ccccc6c5cc4N(c4ccc(C(C)(C)C)cc4)c4cc(-c5nc(-c6cc(C(C)(C)C)cc(C(C)(C)C)c6)cc(-c6cc(C(C)(C)C)cc(C(C)(C)C)c6)n5)cc2c43)cc1. The van der Waals surface area contributed by atoms with Gasteiger partial charge in [0.25, 0.3) is 6.71 Å². The summed E-state index contributed by atoms with van der Waals surface area (Å²) in [6.07, 6.45) is 0. The molecule has 12 aromatic rings. The van der Waals surface area contributed by atoms with E-state index in [1.807, 2.05) is 0 Å². The molecule has 5 heteroatoms. The van der Waals surface area contributed by atoms with E-state index in [0.29, 0.717) is 5.82 Å². The Bertz CT molecular complexity index is 4560. The smallest absolute Gasteiger partial charge is 0.252 e. The lowest BCUT2D eigenvalue weighted by Crippen LogP contribution is -2.61. The van der Waals surface area contributed by atoms with Gasteiger partial charge in [-0.3, -0.25) is 0 Å². The largest absolute Gasteiger partial charge is 0.311 e. The van der Waals surface area contributed by atoms with Gasteiger partial charge < -0.3 is 9.80 Å². The molecule has 3 heterocycles. The van der Waals surface area contributed by atoms with E-state index < -0.39 is 0 Å². The third-order valence-corrected chi connectivity index (χ3v) is 19.7. The number of hydrogen-bond acceptors (Lipinski definition) is 4. The lowest BCUT2D eigenvalue weighted by atomic mass is 9.33. The van der Waals surface area contributed by atoms with Gasteiger partial charge in [-0.1, -0.05) is 246 Å². The molecule has 91 heavy (non-hydrogen) atoms. The number of nitrogens with zero attached hydrogens (tertiary/aromatic N) is 4. The van der Waals surface area contributed by atoms with E-state index in [-0.39, 0.29) is 39.2 Å². The van der Waals surface area contributed by atoms with Gasteiger partial charge in [0.15, 0.2) is 5.82 Å². The molecule has 4 nitrogen and oxygen atoms in total. The van der Waals surface area contributed by atoms with Crippen LogP contribution >= 0.6 is 0 Å². The van der Waals surface area contributed by atoms with Crippen LogP contribution in [-0.4, -0.2) is 16.7 Å². The van der Waals surface area contributed by atoms with E-state index in [0.717, 1.165) is 50.8 Å². The Balaban J connectivity index is 1.15. The zero-order valence-corrected chi connectivity index (χ0v) is 56.9. The lowest BCUT2D eigenvalue weighted by molar-refractivity contribution is 0.568. The first-order valence-electron chi connectivity index (χ1n) is 33.0. The van der Waals surface area contributed by atoms with Crippen molar-refractivity contribution in [1.29, 1.82) is 0 Å². The van der Waals surface area contributed by atoms with Gasteiger partial charge in [-0.25, -0.2) is 9.97 Å². The third kappa shape index (κ3) is 10.6. The lowest BCUT2D eigenvalue weighted by Gasteiger charge is -2.45. The fourth-order valence-corrected chi connectivity index (χ4v) is 14.1. The van der Waals surface area contributed by atoms with Crippen molar-refractivity contribution in [1.82, 2.24) is 9.97 Å². The average Bonchev–Trinajstić information content (AvgIpc) is 0.714. The van der Waals surface area contributed by atoms with Crippen molar-refractivity contribution >= 4 is 100 Å². The molecular formula is C86H87BN4. The fraction of sp³-hybridized carbons (Fsp3) is 0.279. The van der Waals surface area contributed by atoms with Crippen LogP contribution in [0.15, 0.2) is 200 Å². The maximum atomic E-state index is 5.91. The van der Waals surface area contributed by atoms with E-state index in [2.05, 4.69) is 335 Å². The van der Waals surface area contributed by atoms with Crippen molar-refractivity contribution in [2.24, 2.45) is 0 Å². The number of fused-ring (bicyclic) bond motifs is 10. The molecule has 2 aliphatic heterocycles. The number of hydrogen-bond donors (Lipinski definition) is 0. The highest BCUT2D eigenvalue weighted by Gasteiger charge is 2.45.